The van der Waals surface area contributed by atoms with E-state index in [0.29, 0.717) is 23.1 Å². The number of ether oxygens (including phenoxy) is 1. The standard InChI is InChI=1S/C24H46NO6P/c1-4-5-6-7-8-9-10-11-12-13-14-15-20-30-32(27,28)31-21-19-25(2)18-16-17-23(22-25)24(26)29-3/h17H,4-16,18-22H2,1-3H3/p+1. The van der Waals surface area contributed by atoms with E-state index in [1.165, 1.54) is 64.9 Å². The summed E-state index contributed by atoms with van der Waals surface area (Å²) in [6.07, 6.45) is 17.5. The molecule has 0 radical (unpaired) electrons. The molecule has 1 heterocycles. The van der Waals surface area contributed by atoms with Gasteiger partial charge in [0.2, 0.25) is 0 Å². The summed E-state index contributed by atoms with van der Waals surface area (Å²) in [4.78, 5) is 21.7. The lowest BCUT2D eigenvalue weighted by Gasteiger charge is -2.37. The zero-order valence-electron chi connectivity index (χ0n) is 20.7. The molecule has 188 valence electrons. The Morgan fingerprint density at radius 1 is 0.969 bits per heavy atom. The van der Waals surface area contributed by atoms with E-state index in [2.05, 4.69) is 6.92 Å². The van der Waals surface area contributed by atoms with Gasteiger partial charge >= 0.3 is 13.8 Å². The van der Waals surface area contributed by atoms with Gasteiger partial charge < -0.3 is 14.1 Å². The highest BCUT2D eigenvalue weighted by molar-refractivity contribution is 7.47. The summed E-state index contributed by atoms with van der Waals surface area (Å²) in [6, 6.07) is 0. The number of hydrogen-bond donors (Lipinski definition) is 1. The average molecular weight is 477 g/mol. The van der Waals surface area contributed by atoms with Crippen molar-refractivity contribution >= 4 is 13.8 Å². The number of quaternary nitrogens is 1. The van der Waals surface area contributed by atoms with Gasteiger partial charge in [0.15, 0.2) is 0 Å². The van der Waals surface area contributed by atoms with E-state index in [0.717, 1.165) is 32.2 Å². The van der Waals surface area contributed by atoms with E-state index >= 15 is 0 Å². The normalized spacial score (nSPS) is 20.6. The summed E-state index contributed by atoms with van der Waals surface area (Å²) in [5.41, 5.74) is 0.650. The fourth-order valence-corrected chi connectivity index (χ4v) is 4.86. The molecule has 0 aromatic heterocycles. The second-order valence-electron chi connectivity index (χ2n) is 9.26. The third-order valence-electron chi connectivity index (χ3n) is 6.20. The molecule has 1 N–H and O–H groups in total. The summed E-state index contributed by atoms with van der Waals surface area (Å²) in [6.45, 7) is 4.51. The summed E-state index contributed by atoms with van der Waals surface area (Å²) in [5, 5.41) is 0. The topological polar surface area (TPSA) is 82.1 Å². The minimum Gasteiger partial charge on any atom is -0.465 e. The Labute approximate surface area is 195 Å². The molecule has 0 saturated carbocycles. The molecule has 8 heteroatoms. The molecule has 2 atom stereocenters. The van der Waals surface area contributed by atoms with Crippen LogP contribution in [-0.4, -0.2) is 62.4 Å². The molecule has 7 nitrogen and oxygen atoms in total. The van der Waals surface area contributed by atoms with Gasteiger partial charge in [0.1, 0.15) is 19.7 Å². The fraction of sp³-hybridized carbons (Fsp3) is 0.875. The molecular formula is C24H47NO6P+. The fourth-order valence-electron chi connectivity index (χ4n) is 4.11. The van der Waals surface area contributed by atoms with Gasteiger partial charge in [-0.05, 0) is 6.42 Å². The van der Waals surface area contributed by atoms with Crippen molar-refractivity contribution in [3.63, 3.8) is 0 Å². The Kier molecular flexibility index (Phi) is 15.4. The number of phosphoric ester groups is 1. The van der Waals surface area contributed by atoms with E-state index in [4.69, 9.17) is 13.8 Å². The molecule has 1 rings (SSSR count). The average Bonchev–Trinajstić information content (AvgIpc) is 2.76. The first kappa shape index (κ1) is 29.3. The van der Waals surface area contributed by atoms with Gasteiger partial charge in [-0.2, -0.15) is 0 Å². The van der Waals surface area contributed by atoms with Crippen molar-refractivity contribution in [2.45, 2.75) is 90.4 Å². The highest BCUT2D eigenvalue weighted by Crippen LogP contribution is 2.43. The molecule has 32 heavy (non-hydrogen) atoms. The number of hydrogen-bond acceptors (Lipinski definition) is 5. The molecule has 0 bridgehead atoms. The van der Waals surface area contributed by atoms with Crippen LogP contribution >= 0.6 is 7.82 Å². The number of methoxy groups -OCH3 is 1. The van der Waals surface area contributed by atoms with Crippen LogP contribution in [0.25, 0.3) is 0 Å². The smallest absolute Gasteiger partial charge is 0.465 e. The quantitative estimate of drug-likeness (QED) is 0.110. The molecule has 2 unspecified atom stereocenters. The number of likely N-dealkylation sites (N-methyl/N-ethyl adjacent to an activating group) is 1. The monoisotopic (exact) mass is 476 g/mol. The van der Waals surface area contributed by atoms with Crippen LogP contribution in [0.4, 0.5) is 0 Å². The molecule has 0 spiro atoms. The van der Waals surface area contributed by atoms with Crippen LogP contribution < -0.4 is 0 Å². The molecule has 0 fully saturated rings. The lowest BCUT2D eigenvalue weighted by molar-refractivity contribution is -0.906. The van der Waals surface area contributed by atoms with Crippen molar-refractivity contribution < 1.29 is 32.5 Å². The van der Waals surface area contributed by atoms with Crippen molar-refractivity contribution in [2.24, 2.45) is 0 Å². The molecule has 0 saturated heterocycles. The van der Waals surface area contributed by atoms with Gasteiger partial charge in [-0.3, -0.25) is 9.05 Å². The lowest BCUT2D eigenvalue weighted by Crippen LogP contribution is -2.50. The molecular weight excluding hydrogens is 429 g/mol. The molecule has 0 aromatic carbocycles. The molecule has 1 aliphatic rings. The Hall–Kier alpha value is -0.720. The van der Waals surface area contributed by atoms with Crippen LogP contribution in [0, 0.1) is 0 Å². The first-order chi connectivity index (χ1) is 15.3. The highest BCUT2D eigenvalue weighted by Gasteiger charge is 2.31. The third kappa shape index (κ3) is 13.7. The number of carbonyl (C=O) groups excluding carboxylic acids is 1. The lowest BCUT2D eigenvalue weighted by atomic mass is 10.1. The van der Waals surface area contributed by atoms with Crippen molar-refractivity contribution in [1.29, 1.82) is 0 Å². The number of carbonyl (C=O) groups is 1. The Morgan fingerprint density at radius 2 is 1.50 bits per heavy atom. The number of rotatable bonds is 19. The molecule has 0 amide bonds. The third-order valence-corrected chi connectivity index (χ3v) is 7.21. The maximum absolute atomic E-state index is 12.1. The minimum atomic E-state index is -4.03. The maximum atomic E-state index is 12.1. The van der Waals surface area contributed by atoms with Crippen LogP contribution in [-0.2, 0) is 23.1 Å². The van der Waals surface area contributed by atoms with Crippen LogP contribution in [0.5, 0.6) is 0 Å². The van der Waals surface area contributed by atoms with Crippen molar-refractivity contribution in [3.8, 4) is 0 Å². The van der Waals surface area contributed by atoms with Gasteiger partial charge in [0, 0.05) is 6.42 Å². The first-order valence-electron chi connectivity index (χ1n) is 12.5. The van der Waals surface area contributed by atoms with Crippen molar-refractivity contribution in [3.05, 3.63) is 11.6 Å². The summed E-state index contributed by atoms with van der Waals surface area (Å²) in [7, 11) is -0.644. The number of phosphoric acid groups is 1. The zero-order valence-corrected chi connectivity index (χ0v) is 21.6. The molecule has 1 aliphatic heterocycles. The Bertz CT molecular complexity index is 597. The summed E-state index contributed by atoms with van der Waals surface area (Å²) < 4.78 is 27.8. The second kappa shape index (κ2) is 16.8. The van der Waals surface area contributed by atoms with Gasteiger partial charge in [-0.1, -0.05) is 83.6 Å². The van der Waals surface area contributed by atoms with Gasteiger partial charge in [0.25, 0.3) is 0 Å². The van der Waals surface area contributed by atoms with Crippen molar-refractivity contribution in [2.75, 3.05) is 47.0 Å². The van der Waals surface area contributed by atoms with Crippen LogP contribution in [0.2, 0.25) is 0 Å². The highest BCUT2D eigenvalue weighted by atomic mass is 31.2. The van der Waals surface area contributed by atoms with Crippen LogP contribution in [0.3, 0.4) is 0 Å². The SMILES string of the molecule is CCCCCCCCCCCCCCOP(=O)(O)OCC[N+]1(C)CCC=C(C(=O)OC)C1. The number of esters is 1. The second-order valence-corrected chi connectivity index (χ2v) is 10.7. The first-order valence-corrected chi connectivity index (χ1v) is 14.0. The maximum Gasteiger partial charge on any atom is 0.472 e. The Balaban J connectivity index is 2.04. The molecule has 0 aromatic rings. The van der Waals surface area contributed by atoms with E-state index in [-0.39, 0.29) is 19.2 Å². The molecule has 0 aliphatic carbocycles. The van der Waals surface area contributed by atoms with Crippen LogP contribution in [0.1, 0.15) is 90.4 Å². The van der Waals surface area contributed by atoms with E-state index in [1.54, 1.807) is 0 Å². The van der Waals surface area contributed by atoms with Crippen molar-refractivity contribution in [1.82, 2.24) is 0 Å². The van der Waals surface area contributed by atoms with E-state index in [1.807, 2.05) is 13.1 Å². The number of nitrogens with zero attached hydrogens (tertiary/aromatic N) is 1. The summed E-state index contributed by atoms with van der Waals surface area (Å²) in [5.74, 6) is -0.312. The predicted molar refractivity (Wildman–Crippen MR) is 128 cm³/mol. The van der Waals surface area contributed by atoms with Gasteiger partial charge in [0.05, 0.1) is 32.9 Å². The number of unbranched alkanes of at least 4 members (excludes halogenated alkanes) is 11. The van der Waals surface area contributed by atoms with Crippen LogP contribution in [0.15, 0.2) is 11.6 Å². The zero-order chi connectivity index (χ0) is 23.7. The Morgan fingerprint density at radius 3 is 2.06 bits per heavy atom. The minimum absolute atomic E-state index is 0.108. The predicted octanol–water partition coefficient (Wildman–Crippen LogP) is 5.77. The van der Waals surface area contributed by atoms with Gasteiger partial charge in [-0.25, -0.2) is 9.36 Å². The summed E-state index contributed by atoms with van der Waals surface area (Å²) >= 11 is 0. The van der Waals surface area contributed by atoms with E-state index < -0.39 is 7.82 Å². The van der Waals surface area contributed by atoms with E-state index in [9.17, 15) is 14.3 Å². The van der Waals surface area contributed by atoms with Gasteiger partial charge in [-0.15, -0.1) is 0 Å². The largest absolute Gasteiger partial charge is 0.472 e.